The Kier molecular flexibility index (Phi) is 3.48. The van der Waals surface area contributed by atoms with Gasteiger partial charge in [0.15, 0.2) is 11.5 Å². The highest BCUT2D eigenvalue weighted by Crippen LogP contribution is 2.32. The number of hydrogen-bond donors (Lipinski definition) is 2. The molecule has 2 heterocycles. The van der Waals surface area contributed by atoms with Crippen molar-refractivity contribution in [3.63, 3.8) is 0 Å². The van der Waals surface area contributed by atoms with E-state index in [4.69, 9.17) is 9.47 Å². The molecular formula is C18H16N2O3. The van der Waals surface area contributed by atoms with E-state index in [0.29, 0.717) is 13.1 Å². The molecule has 0 spiro atoms. The molecule has 0 saturated carbocycles. The number of rotatable bonds is 4. The Morgan fingerprint density at radius 2 is 1.87 bits per heavy atom. The number of H-pyrrole nitrogens is 1. The molecule has 4 rings (SSSR count). The van der Waals surface area contributed by atoms with Crippen LogP contribution in [0, 0.1) is 0 Å². The minimum Gasteiger partial charge on any atom is -0.454 e. The minimum atomic E-state index is -0.0538. The topological polar surface area (TPSA) is 63.4 Å². The fourth-order valence-electron chi connectivity index (χ4n) is 2.72. The molecule has 0 aliphatic carbocycles. The number of aromatic nitrogens is 1. The van der Waals surface area contributed by atoms with Gasteiger partial charge < -0.3 is 19.8 Å². The van der Waals surface area contributed by atoms with Crippen LogP contribution in [0.4, 0.5) is 0 Å². The average molecular weight is 308 g/mol. The smallest absolute Gasteiger partial charge is 0.252 e. The summed E-state index contributed by atoms with van der Waals surface area (Å²) in [5, 5.41) is 4.33. The summed E-state index contributed by atoms with van der Waals surface area (Å²) < 4.78 is 10.7. The molecule has 0 unspecified atom stereocenters. The summed E-state index contributed by atoms with van der Waals surface area (Å²) in [6.45, 7) is 1.44. The molecule has 1 aliphatic heterocycles. The van der Waals surface area contributed by atoms with Crippen molar-refractivity contribution in [1.29, 1.82) is 0 Å². The number of pyridine rings is 1. The summed E-state index contributed by atoms with van der Waals surface area (Å²) in [7, 11) is 0. The van der Waals surface area contributed by atoms with E-state index in [9.17, 15) is 4.79 Å². The highest BCUT2D eigenvalue weighted by Gasteiger charge is 2.13. The zero-order chi connectivity index (χ0) is 15.6. The van der Waals surface area contributed by atoms with Gasteiger partial charge in [0, 0.05) is 24.2 Å². The van der Waals surface area contributed by atoms with Crippen LogP contribution in [0.25, 0.3) is 10.9 Å². The maximum atomic E-state index is 12.1. The minimum absolute atomic E-state index is 0.0538. The third-order valence-electron chi connectivity index (χ3n) is 3.91. The summed E-state index contributed by atoms with van der Waals surface area (Å²) in [6, 6.07) is 15.6. The summed E-state index contributed by atoms with van der Waals surface area (Å²) >= 11 is 0. The van der Waals surface area contributed by atoms with Crippen molar-refractivity contribution < 1.29 is 9.47 Å². The van der Waals surface area contributed by atoms with Crippen molar-refractivity contribution in [1.82, 2.24) is 10.3 Å². The Hall–Kier alpha value is -2.79. The van der Waals surface area contributed by atoms with Crippen LogP contribution in [0.1, 0.15) is 11.1 Å². The van der Waals surface area contributed by atoms with Crippen LogP contribution in [0.2, 0.25) is 0 Å². The molecule has 2 N–H and O–H groups in total. The largest absolute Gasteiger partial charge is 0.454 e. The van der Waals surface area contributed by atoms with Crippen LogP contribution in [-0.2, 0) is 13.1 Å². The Morgan fingerprint density at radius 1 is 1.00 bits per heavy atom. The molecule has 2 aromatic carbocycles. The van der Waals surface area contributed by atoms with Gasteiger partial charge >= 0.3 is 0 Å². The fourth-order valence-corrected chi connectivity index (χ4v) is 2.72. The number of hydrogen-bond acceptors (Lipinski definition) is 4. The lowest BCUT2D eigenvalue weighted by Crippen LogP contribution is -2.20. The van der Waals surface area contributed by atoms with E-state index < -0.39 is 0 Å². The Labute approximate surface area is 132 Å². The van der Waals surface area contributed by atoms with Gasteiger partial charge in [0.2, 0.25) is 6.79 Å². The molecule has 0 saturated heterocycles. The normalized spacial score (nSPS) is 12.7. The summed E-state index contributed by atoms with van der Waals surface area (Å²) in [5.74, 6) is 1.55. The molecule has 116 valence electrons. The lowest BCUT2D eigenvalue weighted by Gasteiger charge is -2.07. The predicted octanol–water partition coefficient (Wildman–Crippen LogP) is 2.55. The first-order valence-corrected chi connectivity index (χ1v) is 7.50. The summed E-state index contributed by atoms with van der Waals surface area (Å²) in [6.07, 6.45) is 0. The maximum absolute atomic E-state index is 12.1. The highest BCUT2D eigenvalue weighted by atomic mass is 16.7. The average Bonchev–Trinajstić information content (AvgIpc) is 3.03. The molecule has 5 nitrogen and oxygen atoms in total. The first-order valence-electron chi connectivity index (χ1n) is 7.50. The zero-order valence-corrected chi connectivity index (χ0v) is 12.5. The van der Waals surface area contributed by atoms with Gasteiger partial charge in [-0.3, -0.25) is 4.79 Å². The number of ether oxygens (including phenoxy) is 2. The maximum Gasteiger partial charge on any atom is 0.252 e. The van der Waals surface area contributed by atoms with Gasteiger partial charge in [0.1, 0.15) is 0 Å². The second-order valence-corrected chi connectivity index (χ2v) is 5.50. The number of nitrogens with one attached hydrogen (secondary N) is 2. The van der Waals surface area contributed by atoms with E-state index in [1.807, 2.05) is 48.5 Å². The molecular weight excluding hydrogens is 292 g/mol. The van der Waals surface area contributed by atoms with E-state index in [0.717, 1.165) is 33.5 Å². The highest BCUT2D eigenvalue weighted by molar-refractivity contribution is 5.78. The number of para-hydroxylation sites is 1. The standard InChI is InChI=1S/C18H16N2O3/c21-18-14(8-13-3-1-2-4-15(13)20-18)10-19-9-12-5-6-16-17(7-12)23-11-22-16/h1-8,19H,9-11H2,(H,20,21). The Bertz CT molecular complexity index is 918. The summed E-state index contributed by atoms with van der Waals surface area (Å²) in [5.41, 5.74) is 2.62. The fraction of sp³-hybridized carbons (Fsp3) is 0.167. The van der Waals surface area contributed by atoms with E-state index >= 15 is 0 Å². The van der Waals surface area contributed by atoms with Gasteiger partial charge in [0.25, 0.3) is 5.56 Å². The first-order chi connectivity index (χ1) is 11.3. The monoisotopic (exact) mass is 308 g/mol. The van der Waals surface area contributed by atoms with Crippen LogP contribution >= 0.6 is 0 Å². The number of benzene rings is 2. The second-order valence-electron chi connectivity index (χ2n) is 5.50. The van der Waals surface area contributed by atoms with Crippen LogP contribution in [-0.4, -0.2) is 11.8 Å². The lowest BCUT2D eigenvalue weighted by atomic mass is 10.1. The Balaban J connectivity index is 1.47. The van der Waals surface area contributed by atoms with Crippen LogP contribution < -0.4 is 20.3 Å². The zero-order valence-electron chi connectivity index (χ0n) is 12.5. The van der Waals surface area contributed by atoms with Crippen molar-refractivity contribution >= 4 is 10.9 Å². The van der Waals surface area contributed by atoms with Crippen molar-refractivity contribution in [3.05, 3.63) is 70.0 Å². The van der Waals surface area contributed by atoms with Gasteiger partial charge in [-0.15, -0.1) is 0 Å². The van der Waals surface area contributed by atoms with E-state index in [1.165, 1.54) is 0 Å². The first kappa shape index (κ1) is 13.8. The van der Waals surface area contributed by atoms with Gasteiger partial charge in [-0.25, -0.2) is 0 Å². The number of aromatic amines is 1. The molecule has 1 aliphatic rings. The lowest BCUT2D eigenvalue weighted by molar-refractivity contribution is 0.174. The molecule has 5 heteroatoms. The van der Waals surface area contributed by atoms with E-state index in [2.05, 4.69) is 10.3 Å². The van der Waals surface area contributed by atoms with Crippen LogP contribution in [0.3, 0.4) is 0 Å². The molecule has 0 atom stereocenters. The quantitative estimate of drug-likeness (QED) is 0.777. The molecule has 0 amide bonds. The van der Waals surface area contributed by atoms with Gasteiger partial charge in [-0.1, -0.05) is 24.3 Å². The second kappa shape index (κ2) is 5.78. The predicted molar refractivity (Wildman–Crippen MR) is 87.7 cm³/mol. The summed E-state index contributed by atoms with van der Waals surface area (Å²) in [4.78, 5) is 15.0. The van der Waals surface area contributed by atoms with Gasteiger partial charge in [0.05, 0.1) is 0 Å². The van der Waals surface area contributed by atoms with Crippen LogP contribution in [0.5, 0.6) is 11.5 Å². The number of fused-ring (bicyclic) bond motifs is 2. The van der Waals surface area contributed by atoms with Crippen LogP contribution in [0.15, 0.2) is 53.3 Å². The third-order valence-corrected chi connectivity index (χ3v) is 3.91. The Morgan fingerprint density at radius 3 is 2.83 bits per heavy atom. The van der Waals surface area contributed by atoms with Crippen molar-refractivity contribution in [2.75, 3.05) is 6.79 Å². The van der Waals surface area contributed by atoms with Gasteiger partial charge in [-0.05, 0) is 35.2 Å². The van der Waals surface area contributed by atoms with Crippen molar-refractivity contribution in [2.24, 2.45) is 0 Å². The van der Waals surface area contributed by atoms with E-state index in [1.54, 1.807) is 0 Å². The van der Waals surface area contributed by atoms with Gasteiger partial charge in [-0.2, -0.15) is 0 Å². The molecule has 0 radical (unpaired) electrons. The molecule has 23 heavy (non-hydrogen) atoms. The van der Waals surface area contributed by atoms with E-state index in [-0.39, 0.29) is 12.4 Å². The SMILES string of the molecule is O=c1[nH]c2ccccc2cc1CNCc1ccc2c(c1)OCO2. The third kappa shape index (κ3) is 2.78. The molecule has 0 bridgehead atoms. The molecule has 0 fully saturated rings. The molecule has 1 aromatic heterocycles. The van der Waals surface area contributed by atoms with Crippen molar-refractivity contribution in [2.45, 2.75) is 13.1 Å². The van der Waals surface area contributed by atoms with Crippen molar-refractivity contribution in [3.8, 4) is 11.5 Å². The molecule has 3 aromatic rings.